The number of aromatic amines is 1. The van der Waals surface area contributed by atoms with Gasteiger partial charge in [0.1, 0.15) is 5.60 Å². The number of rotatable bonds is 0. The highest BCUT2D eigenvalue weighted by Crippen LogP contribution is 2.45. The summed E-state index contributed by atoms with van der Waals surface area (Å²) < 4.78 is 0. The van der Waals surface area contributed by atoms with E-state index in [-0.39, 0.29) is 12.0 Å². The van der Waals surface area contributed by atoms with E-state index in [1.807, 2.05) is 13.1 Å². The van der Waals surface area contributed by atoms with E-state index in [0.29, 0.717) is 6.54 Å². The van der Waals surface area contributed by atoms with Crippen molar-refractivity contribution in [1.82, 2.24) is 9.88 Å². The summed E-state index contributed by atoms with van der Waals surface area (Å²) >= 11 is 0. The van der Waals surface area contributed by atoms with Gasteiger partial charge in [0.25, 0.3) is 0 Å². The fraction of sp³-hybridized carbons (Fsp3) is 0.500. The molecule has 0 radical (unpaired) electrons. The zero-order valence-corrected chi connectivity index (χ0v) is 11.8. The minimum atomic E-state index is -1.06. The number of H-pyrrole nitrogens is 1. The molecule has 0 amide bonds. The third-order valence-electron chi connectivity index (χ3n) is 5.14. The Bertz CT molecular complexity index is 676. The van der Waals surface area contributed by atoms with E-state index in [9.17, 15) is 10.2 Å². The second-order valence-corrected chi connectivity index (χ2v) is 6.60. The van der Waals surface area contributed by atoms with E-state index in [4.69, 9.17) is 0 Å². The van der Waals surface area contributed by atoms with Crippen LogP contribution in [0.5, 0.6) is 0 Å². The van der Waals surface area contributed by atoms with Gasteiger partial charge in [0.05, 0.1) is 6.10 Å². The molecule has 2 aromatic rings. The van der Waals surface area contributed by atoms with Crippen LogP contribution in [0.15, 0.2) is 24.4 Å². The van der Waals surface area contributed by atoms with Gasteiger partial charge in [0.2, 0.25) is 0 Å². The lowest BCUT2D eigenvalue weighted by Crippen LogP contribution is -2.62. The molecule has 3 N–H and O–H groups in total. The number of likely N-dealkylation sites (tertiary alicyclic amines) is 1. The maximum absolute atomic E-state index is 10.7. The molecule has 4 rings (SSSR count). The molecule has 0 saturated carbocycles. The Morgan fingerprint density at radius 3 is 3.00 bits per heavy atom. The molecule has 1 aromatic heterocycles. The molecular formula is C16H20N2O2. The third kappa shape index (κ3) is 1.47. The Labute approximate surface area is 118 Å². The number of hydrogen-bond acceptors (Lipinski definition) is 3. The van der Waals surface area contributed by atoms with Crippen molar-refractivity contribution < 1.29 is 10.2 Å². The van der Waals surface area contributed by atoms with Crippen molar-refractivity contribution >= 4 is 10.9 Å². The Kier molecular flexibility index (Phi) is 2.38. The third-order valence-corrected chi connectivity index (χ3v) is 5.14. The Balaban J connectivity index is 1.95. The fourth-order valence-corrected chi connectivity index (χ4v) is 4.20. The van der Waals surface area contributed by atoms with Crippen LogP contribution in [0.3, 0.4) is 0 Å². The smallest absolute Gasteiger partial charge is 0.101 e. The van der Waals surface area contributed by atoms with Crippen LogP contribution in [-0.4, -0.2) is 51.4 Å². The number of hydrogen-bond donors (Lipinski definition) is 3. The maximum atomic E-state index is 10.7. The largest absolute Gasteiger partial charge is 0.389 e. The van der Waals surface area contributed by atoms with Gasteiger partial charge in [-0.25, -0.2) is 0 Å². The van der Waals surface area contributed by atoms with Crippen LogP contribution in [0.4, 0.5) is 0 Å². The number of aliphatic hydroxyl groups is 2. The van der Waals surface area contributed by atoms with Crippen LogP contribution in [0.1, 0.15) is 24.0 Å². The molecule has 1 saturated heterocycles. The number of nitrogens with one attached hydrogen (secondary N) is 1. The normalized spacial score (nSPS) is 37.1. The number of aliphatic hydroxyl groups excluding tert-OH is 1. The monoisotopic (exact) mass is 272 g/mol. The van der Waals surface area contributed by atoms with E-state index in [1.165, 1.54) is 10.9 Å². The van der Waals surface area contributed by atoms with E-state index in [2.05, 4.69) is 28.2 Å². The van der Waals surface area contributed by atoms with Crippen LogP contribution in [0, 0.1) is 0 Å². The van der Waals surface area contributed by atoms with Crippen LogP contribution in [-0.2, 0) is 6.42 Å². The fourth-order valence-electron chi connectivity index (χ4n) is 4.20. The van der Waals surface area contributed by atoms with Crippen molar-refractivity contribution in [2.75, 3.05) is 13.6 Å². The molecular weight excluding hydrogens is 252 g/mol. The van der Waals surface area contributed by atoms with Crippen molar-refractivity contribution in [2.45, 2.75) is 37.0 Å². The topological polar surface area (TPSA) is 59.5 Å². The lowest BCUT2D eigenvalue weighted by Gasteiger charge is -2.51. The predicted octanol–water partition coefficient (Wildman–Crippen LogP) is 1.23. The lowest BCUT2D eigenvalue weighted by atomic mass is 9.69. The van der Waals surface area contributed by atoms with Crippen LogP contribution < -0.4 is 0 Å². The van der Waals surface area contributed by atoms with Crippen LogP contribution >= 0.6 is 0 Å². The van der Waals surface area contributed by atoms with E-state index >= 15 is 0 Å². The molecule has 1 fully saturated rings. The van der Waals surface area contributed by atoms with Gasteiger partial charge < -0.3 is 15.2 Å². The summed E-state index contributed by atoms with van der Waals surface area (Å²) in [6.07, 6.45) is 2.28. The molecule has 2 aliphatic rings. The van der Waals surface area contributed by atoms with Crippen molar-refractivity contribution in [1.29, 1.82) is 0 Å². The van der Waals surface area contributed by atoms with Gasteiger partial charge in [-0.15, -0.1) is 0 Å². The van der Waals surface area contributed by atoms with Gasteiger partial charge in [-0.1, -0.05) is 12.1 Å². The first-order valence-corrected chi connectivity index (χ1v) is 7.18. The zero-order chi connectivity index (χ0) is 14.1. The number of benzene rings is 1. The number of fused-ring (bicyclic) bond motifs is 2. The summed E-state index contributed by atoms with van der Waals surface area (Å²) in [5.41, 5.74) is 2.54. The van der Waals surface area contributed by atoms with E-state index < -0.39 is 11.7 Å². The maximum Gasteiger partial charge on any atom is 0.101 e. The second-order valence-electron chi connectivity index (χ2n) is 6.60. The zero-order valence-electron chi connectivity index (χ0n) is 11.8. The highest BCUT2D eigenvalue weighted by molar-refractivity contribution is 5.88. The molecule has 1 aliphatic carbocycles. The first-order chi connectivity index (χ1) is 9.49. The van der Waals surface area contributed by atoms with Gasteiger partial charge in [0, 0.05) is 35.6 Å². The Morgan fingerprint density at radius 1 is 1.40 bits per heavy atom. The summed E-state index contributed by atoms with van der Waals surface area (Å²) in [4.78, 5) is 5.50. The predicted molar refractivity (Wildman–Crippen MR) is 77.8 cm³/mol. The Hall–Kier alpha value is -1.36. The molecule has 0 spiro atoms. The van der Waals surface area contributed by atoms with Gasteiger partial charge >= 0.3 is 0 Å². The number of β-amino-alcohol motifs (C(OH)–C–C–N with tert-alkyl or cyclic N) is 1. The SMILES string of the molecule is CN1CC(C)(O)C(O)C2c3cccc4[nH]cc(c34)CC21. The number of nitrogens with zero attached hydrogens (tertiary/aromatic N) is 1. The standard InChI is InChI=1S/C16H20N2O2/c1-16(20)8-18(2)12-6-9-7-17-11-5-3-4-10(13(9)11)14(12)15(16)19/h3-5,7,12,14-15,17,19-20H,6,8H2,1-2H3. The summed E-state index contributed by atoms with van der Waals surface area (Å²) in [6.45, 7) is 2.24. The molecule has 4 heteroatoms. The van der Waals surface area contributed by atoms with E-state index in [0.717, 1.165) is 17.5 Å². The molecule has 4 nitrogen and oxygen atoms in total. The van der Waals surface area contributed by atoms with Gasteiger partial charge in [0.15, 0.2) is 0 Å². The second kappa shape index (κ2) is 3.85. The molecule has 2 heterocycles. The molecule has 1 aromatic carbocycles. The quantitative estimate of drug-likeness (QED) is 0.676. The van der Waals surface area contributed by atoms with Crippen molar-refractivity contribution in [3.63, 3.8) is 0 Å². The molecule has 0 bridgehead atoms. The van der Waals surface area contributed by atoms with Crippen LogP contribution in [0.2, 0.25) is 0 Å². The minimum Gasteiger partial charge on any atom is -0.389 e. The molecule has 4 atom stereocenters. The average molecular weight is 272 g/mol. The van der Waals surface area contributed by atoms with E-state index in [1.54, 1.807) is 6.92 Å². The van der Waals surface area contributed by atoms with Crippen molar-refractivity contribution in [3.05, 3.63) is 35.5 Å². The molecule has 4 unspecified atom stereocenters. The number of piperidine rings is 1. The first kappa shape index (κ1) is 12.4. The minimum absolute atomic E-state index is 0.0317. The highest BCUT2D eigenvalue weighted by Gasteiger charge is 2.50. The van der Waals surface area contributed by atoms with Crippen molar-refractivity contribution in [3.8, 4) is 0 Å². The van der Waals surface area contributed by atoms with Gasteiger partial charge in [-0.05, 0) is 37.6 Å². The summed E-state index contributed by atoms with van der Waals surface area (Å²) in [7, 11) is 2.04. The first-order valence-electron chi connectivity index (χ1n) is 7.18. The molecule has 20 heavy (non-hydrogen) atoms. The van der Waals surface area contributed by atoms with Crippen molar-refractivity contribution in [2.24, 2.45) is 0 Å². The molecule has 1 aliphatic heterocycles. The van der Waals surface area contributed by atoms with Gasteiger partial charge in [-0.2, -0.15) is 0 Å². The van der Waals surface area contributed by atoms with Gasteiger partial charge in [-0.3, -0.25) is 4.90 Å². The molecule has 106 valence electrons. The highest BCUT2D eigenvalue weighted by atomic mass is 16.3. The number of aromatic nitrogens is 1. The average Bonchev–Trinajstić information content (AvgIpc) is 2.81. The summed E-state index contributed by atoms with van der Waals surface area (Å²) in [5.74, 6) is -0.0317. The van der Waals surface area contributed by atoms with Crippen LogP contribution in [0.25, 0.3) is 10.9 Å². The summed E-state index contributed by atoms with van der Waals surface area (Å²) in [5, 5.41) is 22.4. The number of likely N-dealkylation sites (N-methyl/N-ethyl adjacent to an activating group) is 1. The Morgan fingerprint density at radius 2 is 2.20 bits per heavy atom. The lowest BCUT2D eigenvalue weighted by molar-refractivity contribution is -0.133. The summed E-state index contributed by atoms with van der Waals surface area (Å²) in [6, 6.07) is 6.43.